The fourth-order valence-corrected chi connectivity index (χ4v) is 1.97. The van der Waals surface area contributed by atoms with E-state index in [0.29, 0.717) is 12.2 Å². The van der Waals surface area contributed by atoms with Gasteiger partial charge in [-0.15, -0.1) is 0 Å². The van der Waals surface area contributed by atoms with Gasteiger partial charge in [-0.05, 0) is 32.4 Å². The summed E-state index contributed by atoms with van der Waals surface area (Å²) in [6.07, 6.45) is 0.550. The first-order valence-corrected chi connectivity index (χ1v) is 6.43. The minimum Gasteiger partial charge on any atom is -0.382 e. The number of hydrogen-bond acceptors (Lipinski definition) is 3. The molecule has 0 saturated carbocycles. The average Bonchev–Trinajstić information content (AvgIpc) is 2.20. The molecule has 84 valence electrons. The molecule has 0 amide bonds. The first-order valence-electron chi connectivity index (χ1n) is 4.95. The van der Waals surface area contributed by atoms with E-state index in [1.807, 2.05) is 26.0 Å². The SMILES string of the molecule is CC[C@@H](C)S(=O)(=O)Oc1ccc(C)cc1. The van der Waals surface area contributed by atoms with Gasteiger partial charge in [-0.2, -0.15) is 8.42 Å². The van der Waals surface area contributed by atoms with Crippen molar-refractivity contribution >= 4 is 10.1 Å². The van der Waals surface area contributed by atoms with E-state index in [9.17, 15) is 8.42 Å². The number of aryl methyl sites for hydroxylation is 1. The molecule has 0 aliphatic rings. The minimum atomic E-state index is -3.48. The van der Waals surface area contributed by atoms with Crippen LogP contribution < -0.4 is 4.18 Å². The Morgan fingerprint density at radius 1 is 1.27 bits per heavy atom. The number of benzene rings is 1. The fraction of sp³-hybridized carbons (Fsp3) is 0.455. The van der Waals surface area contributed by atoms with Crippen molar-refractivity contribution in [1.29, 1.82) is 0 Å². The van der Waals surface area contributed by atoms with Crippen LogP contribution in [-0.2, 0) is 10.1 Å². The fourth-order valence-electron chi connectivity index (χ4n) is 1.01. The lowest BCUT2D eigenvalue weighted by Gasteiger charge is -2.11. The van der Waals surface area contributed by atoms with Crippen molar-refractivity contribution < 1.29 is 12.6 Å². The lowest BCUT2D eigenvalue weighted by Crippen LogP contribution is -2.22. The third kappa shape index (κ3) is 3.23. The summed E-state index contributed by atoms with van der Waals surface area (Å²) in [6, 6.07) is 6.97. The van der Waals surface area contributed by atoms with Gasteiger partial charge in [0.05, 0.1) is 5.25 Å². The molecule has 0 saturated heterocycles. The van der Waals surface area contributed by atoms with E-state index in [1.54, 1.807) is 19.1 Å². The highest BCUT2D eigenvalue weighted by Gasteiger charge is 2.20. The molecule has 3 nitrogen and oxygen atoms in total. The van der Waals surface area contributed by atoms with Crippen LogP contribution in [0.25, 0.3) is 0 Å². The van der Waals surface area contributed by atoms with E-state index in [1.165, 1.54) is 0 Å². The number of rotatable bonds is 4. The molecule has 0 fully saturated rings. The molecule has 0 N–H and O–H groups in total. The average molecular weight is 228 g/mol. The topological polar surface area (TPSA) is 43.4 Å². The molecule has 1 rings (SSSR count). The third-order valence-corrected chi connectivity index (χ3v) is 4.04. The van der Waals surface area contributed by atoms with Crippen molar-refractivity contribution in [3.63, 3.8) is 0 Å². The summed E-state index contributed by atoms with van der Waals surface area (Å²) in [5, 5.41) is -0.473. The quantitative estimate of drug-likeness (QED) is 0.744. The van der Waals surface area contributed by atoms with Gasteiger partial charge in [0, 0.05) is 0 Å². The molecule has 0 radical (unpaired) electrons. The molecule has 1 aromatic rings. The predicted molar refractivity (Wildman–Crippen MR) is 60.5 cm³/mol. The van der Waals surface area contributed by atoms with Crippen LogP contribution in [0, 0.1) is 6.92 Å². The molecule has 1 aromatic carbocycles. The van der Waals surface area contributed by atoms with Crippen LogP contribution in [0.2, 0.25) is 0 Å². The molecule has 0 unspecified atom stereocenters. The van der Waals surface area contributed by atoms with Gasteiger partial charge in [0.25, 0.3) is 0 Å². The Labute approximate surface area is 91.2 Å². The van der Waals surface area contributed by atoms with Crippen molar-refractivity contribution in [3.05, 3.63) is 29.8 Å². The van der Waals surface area contributed by atoms with E-state index in [0.717, 1.165) is 5.56 Å². The Hall–Kier alpha value is -1.03. The van der Waals surface area contributed by atoms with E-state index in [2.05, 4.69) is 0 Å². The summed E-state index contributed by atoms with van der Waals surface area (Å²) in [5.41, 5.74) is 1.07. The summed E-state index contributed by atoms with van der Waals surface area (Å²) < 4.78 is 28.2. The van der Waals surface area contributed by atoms with Gasteiger partial charge in [0.15, 0.2) is 0 Å². The lowest BCUT2D eigenvalue weighted by molar-refractivity contribution is 0.472. The smallest absolute Gasteiger partial charge is 0.311 e. The molecule has 0 bridgehead atoms. The molecule has 0 heterocycles. The third-order valence-electron chi connectivity index (χ3n) is 2.30. The second kappa shape index (κ2) is 4.66. The molecule has 15 heavy (non-hydrogen) atoms. The zero-order chi connectivity index (χ0) is 11.5. The summed E-state index contributed by atoms with van der Waals surface area (Å²) in [7, 11) is -3.48. The number of hydrogen-bond donors (Lipinski definition) is 0. The Morgan fingerprint density at radius 3 is 2.27 bits per heavy atom. The van der Waals surface area contributed by atoms with Crippen LogP contribution in [0.4, 0.5) is 0 Å². The van der Waals surface area contributed by atoms with Gasteiger partial charge in [-0.1, -0.05) is 24.6 Å². The van der Waals surface area contributed by atoms with Crippen LogP contribution in [0.1, 0.15) is 25.8 Å². The summed E-state index contributed by atoms with van der Waals surface area (Å²) >= 11 is 0. The lowest BCUT2D eigenvalue weighted by atomic mass is 10.2. The summed E-state index contributed by atoms with van der Waals surface area (Å²) in [5.74, 6) is 0.376. The van der Waals surface area contributed by atoms with Gasteiger partial charge in [-0.25, -0.2) is 0 Å². The van der Waals surface area contributed by atoms with Crippen LogP contribution >= 0.6 is 0 Å². The first-order chi connectivity index (χ1) is 6.95. The minimum absolute atomic E-state index is 0.376. The van der Waals surface area contributed by atoms with Crippen LogP contribution in [0.15, 0.2) is 24.3 Å². The van der Waals surface area contributed by atoms with Crippen molar-refractivity contribution in [1.82, 2.24) is 0 Å². The summed E-state index contributed by atoms with van der Waals surface area (Å²) in [6.45, 7) is 5.40. The van der Waals surface area contributed by atoms with E-state index >= 15 is 0 Å². The van der Waals surface area contributed by atoms with Gasteiger partial charge >= 0.3 is 10.1 Å². The van der Waals surface area contributed by atoms with Gasteiger partial charge < -0.3 is 4.18 Å². The molecule has 0 aliphatic carbocycles. The molecule has 0 aliphatic heterocycles. The second-order valence-electron chi connectivity index (χ2n) is 3.61. The Balaban J connectivity index is 2.82. The van der Waals surface area contributed by atoms with E-state index in [-0.39, 0.29) is 0 Å². The normalized spacial score (nSPS) is 13.5. The maximum atomic E-state index is 11.6. The van der Waals surface area contributed by atoms with E-state index < -0.39 is 15.4 Å². The van der Waals surface area contributed by atoms with Crippen LogP contribution in [0.5, 0.6) is 5.75 Å². The molecular weight excluding hydrogens is 212 g/mol. The largest absolute Gasteiger partial charge is 0.382 e. The molecule has 0 spiro atoms. The molecule has 4 heteroatoms. The Morgan fingerprint density at radius 2 is 1.80 bits per heavy atom. The zero-order valence-electron chi connectivity index (χ0n) is 9.23. The van der Waals surface area contributed by atoms with Gasteiger partial charge in [0.1, 0.15) is 5.75 Å². The van der Waals surface area contributed by atoms with Crippen LogP contribution in [0.3, 0.4) is 0 Å². The van der Waals surface area contributed by atoms with E-state index in [4.69, 9.17) is 4.18 Å². The Bertz CT molecular complexity index is 406. The predicted octanol–water partition coefficient (Wildman–Crippen LogP) is 2.50. The molecule has 0 aromatic heterocycles. The maximum Gasteiger partial charge on any atom is 0.311 e. The highest BCUT2D eigenvalue weighted by molar-refractivity contribution is 7.87. The van der Waals surface area contributed by atoms with Gasteiger partial charge in [0.2, 0.25) is 0 Å². The standard InChI is InChI=1S/C11H16O3S/c1-4-10(3)15(12,13)14-11-7-5-9(2)6-8-11/h5-8,10H,4H2,1-3H3/t10-/m1/s1. The second-order valence-corrected chi connectivity index (χ2v) is 5.57. The monoisotopic (exact) mass is 228 g/mol. The summed E-state index contributed by atoms with van der Waals surface area (Å²) in [4.78, 5) is 0. The highest BCUT2D eigenvalue weighted by atomic mass is 32.2. The van der Waals surface area contributed by atoms with Crippen molar-refractivity contribution in [2.45, 2.75) is 32.4 Å². The first kappa shape index (κ1) is 12.0. The zero-order valence-corrected chi connectivity index (χ0v) is 10.0. The maximum absolute atomic E-state index is 11.6. The van der Waals surface area contributed by atoms with Crippen molar-refractivity contribution in [3.8, 4) is 5.75 Å². The molecule has 1 atom stereocenters. The van der Waals surface area contributed by atoms with Gasteiger partial charge in [-0.3, -0.25) is 0 Å². The van der Waals surface area contributed by atoms with Crippen LogP contribution in [-0.4, -0.2) is 13.7 Å². The highest BCUT2D eigenvalue weighted by Crippen LogP contribution is 2.17. The molecular formula is C11H16O3S. The van der Waals surface area contributed by atoms with Crippen molar-refractivity contribution in [2.24, 2.45) is 0 Å². The van der Waals surface area contributed by atoms with Crippen molar-refractivity contribution in [2.75, 3.05) is 0 Å². The Kier molecular flexibility index (Phi) is 3.74.